The summed E-state index contributed by atoms with van der Waals surface area (Å²) in [5, 5.41) is 9.37. The molecule has 4 aromatic rings. The molecule has 4 rings (SSSR count). The van der Waals surface area contributed by atoms with Crippen LogP contribution in [-0.4, -0.2) is 52.1 Å². The van der Waals surface area contributed by atoms with Gasteiger partial charge < -0.3 is 24.1 Å². The van der Waals surface area contributed by atoms with Gasteiger partial charge in [-0.05, 0) is 57.2 Å². The van der Waals surface area contributed by atoms with Crippen molar-refractivity contribution in [2.45, 2.75) is 52.6 Å². The average molecular weight is 550 g/mol. The Morgan fingerprint density at radius 2 is 1.70 bits per heavy atom. The highest BCUT2D eigenvalue weighted by Crippen LogP contribution is 2.25. The first-order valence-electron chi connectivity index (χ1n) is 12.9. The molecule has 0 aliphatic rings. The Balaban J connectivity index is 1.29. The quantitative estimate of drug-likeness (QED) is 0.201. The first-order chi connectivity index (χ1) is 18.9. The van der Waals surface area contributed by atoms with Gasteiger partial charge in [-0.2, -0.15) is 0 Å². The number of nitrogens with zero attached hydrogens (tertiary/aromatic N) is 3. The van der Waals surface area contributed by atoms with Gasteiger partial charge >= 0.3 is 12.0 Å². The van der Waals surface area contributed by atoms with Crippen molar-refractivity contribution in [2.24, 2.45) is 0 Å². The van der Waals surface area contributed by atoms with Crippen molar-refractivity contribution in [3.8, 4) is 11.4 Å². The van der Waals surface area contributed by atoms with Gasteiger partial charge in [-0.1, -0.05) is 25.9 Å². The van der Waals surface area contributed by atoms with Crippen LogP contribution in [0.15, 0.2) is 59.4 Å². The lowest BCUT2D eigenvalue weighted by Gasteiger charge is -2.19. The Labute approximate surface area is 232 Å². The predicted octanol–water partition coefficient (Wildman–Crippen LogP) is 5.69. The summed E-state index contributed by atoms with van der Waals surface area (Å²) in [6.07, 6.45) is 1.73. The SMILES string of the molecule is CC(C)(C)OC(=O)COCCOc1ccc2c(c1)ncn2-c1ccc(NC(=O)Nc2cc(C(C)(C)C)on2)cc1. The van der Waals surface area contributed by atoms with Gasteiger partial charge in [0.2, 0.25) is 0 Å². The number of hydrogen-bond acceptors (Lipinski definition) is 8. The Morgan fingerprint density at radius 1 is 0.950 bits per heavy atom. The van der Waals surface area contributed by atoms with Crippen LogP contribution in [0.4, 0.5) is 16.3 Å². The number of carbonyl (C=O) groups is 2. The van der Waals surface area contributed by atoms with E-state index < -0.39 is 17.6 Å². The van der Waals surface area contributed by atoms with E-state index in [2.05, 4.69) is 20.8 Å². The Kier molecular flexibility index (Phi) is 8.43. The van der Waals surface area contributed by atoms with Gasteiger partial charge in [0.25, 0.3) is 0 Å². The van der Waals surface area contributed by atoms with Crippen LogP contribution < -0.4 is 15.4 Å². The number of ether oxygens (including phenoxy) is 3. The van der Waals surface area contributed by atoms with Crippen LogP contribution in [0, 0.1) is 0 Å². The summed E-state index contributed by atoms with van der Waals surface area (Å²) in [5.74, 6) is 1.27. The normalized spacial score (nSPS) is 11.8. The van der Waals surface area contributed by atoms with Crippen LogP contribution >= 0.6 is 0 Å². The minimum absolute atomic E-state index is 0.122. The molecule has 0 spiro atoms. The lowest BCUT2D eigenvalue weighted by Crippen LogP contribution is -2.27. The second-order valence-electron chi connectivity index (χ2n) is 11.2. The number of amides is 2. The number of aromatic nitrogens is 3. The number of anilines is 2. The van der Waals surface area contributed by atoms with E-state index in [0.29, 0.717) is 23.0 Å². The monoisotopic (exact) mass is 549 g/mol. The minimum Gasteiger partial charge on any atom is -0.491 e. The molecule has 0 saturated heterocycles. The average Bonchev–Trinajstić information content (AvgIpc) is 3.50. The summed E-state index contributed by atoms with van der Waals surface area (Å²) < 4.78 is 23.5. The number of nitrogens with one attached hydrogen (secondary N) is 2. The summed E-state index contributed by atoms with van der Waals surface area (Å²) in [5.41, 5.74) is 2.41. The van der Waals surface area contributed by atoms with Gasteiger partial charge in [-0.25, -0.2) is 14.6 Å². The van der Waals surface area contributed by atoms with Crippen molar-refractivity contribution in [2.75, 3.05) is 30.5 Å². The van der Waals surface area contributed by atoms with Crippen molar-refractivity contribution < 1.29 is 28.3 Å². The van der Waals surface area contributed by atoms with Crippen molar-refractivity contribution in [1.82, 2.24) is 14.7 Å². The van der Waals surface area contributed by atoms with Crippen molar-refractivity contribution >= 4 is 34.5 Å². The molecule has 212 valence electrons. The third-order valence-electron chi connectivity index (χ3n) is 5.55. The molecule has 0 aliphatic carbocycles. The number of rotatable bonds is 9. The minimum atomic E-state index is -0.541. The molecular formula is C29H35N5O6. The lowest BCUT2D eigenvalue weighted by atomic mass is 9.93. The van der Waals surface area contributed by atoms with E-state index in [4.69, 9.17) is 18.7 Å². The molecule has 11 nitrogen and oxygen atoms in total. The Morgan fingerprint density at radius 3 is 2.38 bits per heavy atom. The molecular weight excluding hydrogens is 514 g/mol. The molecule has 2 aromatic carbocycles. The number of benzene rings is 2. The Hall–Kier alpha value is -4.38. The first-order valence-corrected chi connectivity index (χ1v) is 12.9. The number of fused-ring (bicyclic) bond motifs is 1. The molecule has 0 saturated carbocycles. The maximum absolute atomic E-state index is 12.4. The second kappa shape index (κ2) is 11.8. The molecule has 2 N–H and O–H groups in total. The summed E-state index contributed by atoms with van der Waals surface area (Å²) in [6.45, 7) is 11.8. The van der Waals surface area contributed by atoms with Crippen LogP contribution in [0.5, 0.6) is 5.75 Å². The topological polar surface area (TPSA) is 130 Å². The van der Waals surface area contributed by atoms with Crippen molar-refractivity contribution in [3.05, 3.63) is 60.6 Å². The predicted molar refractivity (Wildman–Crippen MR) is 151 cm³/mol. The molecule has 40 heavy (non-hydrogen) atoms. The molecule has 0 fully saturated rings. The van der Waals surface area contributed by atoms with E-state index in [9.17, 15) is 9.59 Å². The van der Waals surface area contributed by atoms with Crippen LogP contribution in [0.2, 0.25) is 0 Å². The zero-order valence-electron chi connectivity index (χ0n) is 23.6. The van der Waals surface area contributed by atoms with Crippen LogP contribution in [-0.2, 0) is 19.7 Å². The summed E-state index contributed by atoms with van der Waals surface area (Å²) in [4.78, 5) is 28.6. The molecule has 2 amide bonds. The molecule has 0 atom stereocenters. The van der Waals surface area contributed by atoms with Crippen LogP contribution in [0.1, 0.15) is 47.3 Å². The number of imidazole rings is 1. The fourth-order valence-corrected chi connectivity index (χ4v) is 3.70. The van der Waals surface area contributed by atoms with E-state index in [0.717, 1.165) is 16.7 Å². The third kappa shape index (κ3) is 7.82. The molecule has 0 unspecified atom stereocenters. The smallest absolute Gasteiger partial charge is 0.332 e. The van der Waals surface area contributed by atoms with E-state index in [1.165, 1.54) is 0 Å². The molecule has 2 heterocycles. The summed E-state index contributed by atoms with van der Waals surface area (Å²) in [6, 6.07) is 14.3. The zero-order chi connectivity index (χ0) is 28.9. The summed E-state index contributed by atoms with van der Waals surface area (Å²) >= 11 is 0. The van der Waals surface area contributed by atoms with E-state index in [1.807, 2.05) is 76.4 Å². The van der Waals surface area contributed by atoms with Crippen molar-refractivity contribution in [3.63, 3.8) is 0 Å². The fraction of sp³-hybridized carbons (Fsp3) is 0.379. The molecule has 2 aromatic heterocycles. The van der Waals surface area contributed by atoms with Crippen molar-refractivity contribution in [1.29, 1.82) is 0 Å². The number of carbonyl (C=O) groups excluding carboxylic acids is 2. The first kappa shape index (κ1) is 28.6. The largest absolute Gasteiger partial charge is 0.491 e. The third-order valence-corrected chi connectivity index (χ3v) is 5.55. The van der Waals surface area contributed by atoms with Gasteiger partial charge in [0.15, 0.2) is 5.82 Å². The van der Waals surface area contributed by atoms with Crippen LogP contribution in [0.25, 0.3) is 16.7 Å². The highest BCUT2D eigenvalue weighted by atomic mass is 16.6. The van der Waals surface area contributed by atoms with E-state index >= 15 is 0 Å². The zero-order valence-corrected chi connectivity index (χ0v) is 23.6. The highest BCUT2D eigenvalue weighted by molar-refractivity contribution is 5.99. The maximum Gasteiger partial charge on any atom is 0.332 e. The molecule has 11 heteroatoms. The number of urea groups is 1. The van der Waals surface area contributed by atoms with E-state index in [1.54, 1.807) is 24.5 Å². The van der Waals surface area contributed by atoms with Gasteiger partial charge in [-0.3, -0.25) is 9.88 Å². The van der Waals surface area contributed by atoms with Gasteiger partial charge in [0.05, 0.1) is 17.6 Å². The maximum atomic E-state index is 12.4. The molecule has 0 aliphatic heterocycles. The van der Waals surface area contributed by atoms with Gasteiger partial charge in [-0.15, -0.1) is 0 Å². The molecule has 0 radical (unpaired) electrons. The number of esters is 1. The standard InChI is InChI=1S/C29H35N5O6/c1-28(2,3)24-16-25(33-40-24)32-27(36)31-19-7-9-20(10-8-19)34-18-30-22-15-21(11-12-23(22)34)38-14-13-37-17-26(35)39-29(4,5)6/h7-12,15-16,18H,13-14,17H2,1-6H3,(H2,31,32,33,36). The molecule has 0 bridgehead atoms. The summed E-state index contributed by atoms with van der Waals surface area (Å²) in [7, 11) is 0. The number of hydrogen-bond donors (Lipinski definition) is 2. The highest BCUT2D eigenvalue weighted by Gasteiger charge is 2.20. The second-order valence-corrected chi connectivity index (χ2v) is 11.2. The van der Waals surface area contributed by atoms with E-state index in [-0.39, 0.29) is 25.2 Å². The van der Waals surface area contributed by atoms with Gasteiger partial charge in [0, 0.05) is 28.9 Å². The lowest BCUT2D eigenvalue weighted by molar-refractivity contribution is -0.160. The Bertz CT molecular complexity index is 1460. The van der Waals surface area contributed by atoms with Crippen LogP contribution in [0.3, 0.4) is 0 Å². The van der Waals surface area contributed by atoms with Gasteiger partial charge in [0.1, 0.15) is 36.7 Å². The fourth-order valence-electron chi connectivity index (χ4n) is 3.70.